The lowest BCUT2D eigenvalue weighted by Crippen LogP contribution is -2.63. The van der Waals surface area contributed by atoms with Crippen LogP contribution in [0.1, 0.15) is 118 Å². The van der Waals surface area contributed by atoms with Crippen molar-refractivity contribution < 1.29 is 41.8 Å². The van der Waals surface area contributed by atoms with Crippen LogP contribution in [0.2, 0.25) is 0 Å². The summed E-state index contributed by atoms with van der Waals surface area (Å²) < 4.78 is 63.4. The summed E-state index contributed by atoms with van der Waals surface area (Å²) in [5, 5.41) is 26.3. The second kappa shape index (κ2) is 18.0. The van der Waals surface area contributed by atoms with Gasteiger partial charge in [0.25, 0.3) is 27.5 Å². The molecule has 370 valence electrons. The number of H-pyrrole nitrogens is 1. The Bertz CT molecular complexity index is 2950. The summed E-state index contributed by atoms with van der Waals surface area (Å²) in [7, 11) is -4.75. The number of piperidine rings is 1. The molecule has 18 heteroatoms. The van der Waals surface area contributed by atoms with Gasteiger partial charge in [0.2, 0.25) is 0 Å². The molecule has 70 heavy (non-hydrogen) atoms. The molecule has 2 aromatic heterocycles. The number of nitro benzene ring substituents is 1. The van der Waals surface area contributed by atoms with Crippen LogP contribution in [-0.4, -0.2) is 96.3 Å². The van der Waals surface area contributed by atoms with E-state index in [0.717, 1.165) is 56.7 Å². The minimum atomic E-state index is -4.75. The quantitative estimate of drug-likeness (QED) is 0.0643. The van der Waals surface area contributed by atoms with Crippen molar-refractivity contribution in [1.82, 2.24) is 19.6 Å². The minimum Gasteiger partial charge on any atom is -0.489 e. The third-order valence-electron chi connectivity index (χ3n) is 16.1. The highest BCUT2D eigenvalue weighted by Gasteiger charge is 2.50. The fraction of sp³-hybridized carbons (Fsp3) is 0.500. The smallest absolute Gasteiger partial charge is 0.297 e. The Morgan fingerprint density at radius 3 is 2.49 bits per heavy atom. The minimum absolute atomic E-state index is 0.00547. The van der Waals surface area contributed by atoms with Crippen LogP contribution in [0.25, 0.3) is 11.0 Å². The van der Waals surface area contributed by atoms with Crippen LogP contribution in [0.4, 0.5) is 21.5 Å². The molecule has 3 atom stereocenters. The Kier molecular flexibility index (Phi) is 11.9. The van der Waals surface area contributed by atoms with Crippen molar-refractivity contribution in [3.05, 3.63) is 99.5 Å². The van der Waals surface area contributed by atoms with Gasteiger partial charge in [-0.3, -0.25) is 19.8 Å². The van der Waals surface area contributed by atoms with Gasteiger partial charge >= 0.3 is 0 Å². The number of aliphatic hydroxyl groups is 1. The van der Waals surface area contributed by atoms with Gasteiger partial charge in [-0.15, -0.1) is 0 Å². The fourth-order valence-electron chi connectivity index (χ4n) is 12.0. The highest BCUT2D eigenvalue weighted by molar-refractivity contribution is 7.90. The summed E-state index contributed by atoms with van der Waals surface area (Å²) in [6, 6.07) is 17.8. The maximum Gasteiger partial charge on any atom is 0.297 e. The van der Waals surface area contributed by atoms with Gasteiger partial charge in [0.1, 0.15) is 23.8 Å². The molecule has 0 unspecified atom stereocenters. The van der Waals surface area contributed by atoms with E-state index in [9.17, 15) is 32.8 Å². The summed E-state index contributed by atoms with van der Waals surface area (Å²) in [6.07, 6.45) is 12.0. The first kappa shape index (κ1) is 46.4. The van der Waals surface area contributed by atoms with Gasteiger partial charge in [0.15, 0.2) is 17.2 Å². The lowest BCUT2D eigenvalue weighted by atomic mass is 9.70. The number of likely N-dealkylation sites (tertiary alicyclic amines) is 1. The number of pyridine rings is 1. The summed E-state index contributed by atoms with van der Waals surface area (Å²) in [4.78, 5) is 37.7. The maximum absolute atomic E-state index is 14.9. The van der Waals surface area contributed by atoms with Gasteiger partial charge in [0, 0.05) is 68.4 Å². The third kappa shape index (κ3) is 8.91. The second-order valence-electron chi connectivity index (χ2n) is 20.8. The number of nitro groups is 1. The predicted molar refractivity (Wildman–Crippen MR) is 261 cm³/mol. The molecule has 2 saturated heterocycles. The monoisotopic (exact) mass is 977 g/mol. The molecular formula is C52H60FN7O9S. The van der Waals surface area contributed by atoms with E-state index in [4.69, 9.17) is 14.2 Å². The predicted octanol–water partition coefficient (Wildman–Crippen LogP) is 9.15. The van der Waals surface area contributed by atoms with Crippen molar-refractivity contribution in [2.45, 2.75) is 119 Å². The van der Waals surface area contributed by atoms with Crippen LogP contribution >= 0.6 is 0 Å². The van der Waals surface area contributed by atoms with Crippen LogP contribution in [0, 0.1) is 27.3 Å². The lowest BCUT2D eigenvalue weighted by Gasteiger charge is -2.57. The molecule has 1 spiro atoms. The number of aromatic amines is 1. The van der Waals surface area contributed by atoms with E-state index in [1.807, 2.05) is 0 Å². The number of rotatable bonds is 13. The summed E-state index contributed by atoms with van der Waals surface area (Å²) in [6.45, 7) is 7.54. The zero-order chi connectivity index (χ0) is 48.5. The first-order chi connectivity index (χ1) is 33.7. The Morgan fingerprint density at radius 2 is 1.76 bits per heavy atom. The van der Waals surface area contributed by atoms with Crippen molar-refractivity contribution in [1.29, 1.82) is 0 Å². The number of ether oxygens (including phenoxy) is 3. The van der Waals surface area contributed by atoms with Gasteiger partial charge < -0.3 is 34.5 Å². The number of carbonyl (C=O) groups is 1. The van der Waals surface area contributed by atoms with Gasteiger partial charge in [0.05, 0.1) is 39.0 Å². The van der Waals surface area contributed by atoms with Crippen LogP contribution in [0.3, 0.4) is 0 Å². The zero-order valence-corrected chi connectivity index (χ0v) is 40.4. The molecule has 0 radical (unpaired) electrons. The average Bonchev–Trinajstić information content (AvgIpc) is 3.97. The molecule has 0 bridgehead atoms. The van der Waals surface area contributed by atoms with Crippen LogP contribution in [0.15, 0.2) is 71.8 Å². The summed E-state index contributed by atoms with van der Waals surface area (Å²) in [5.41, 5.74) is 2.92. The highest BCUT2D eigenvalue weighted by atomic mass is 32.2. The zero-order valence-electron chi connectivity index (χ0n) is 39.5. The van der Waals surface area contributed by atoms with Gasteiger partial charge in [-0.05, 0) is 124 Å². The van der Waals surface area contributed by atoms with E-state index >= 15 is 0 Å². The third-order valence-corrected chi connectivity index (χ3v) is 17.4. The number of nitrogens with zero attached hydrogens (tertiary/aromatic N) is 4. The fourth-order valence-corrected chi connectivity index (χ4v) is 13.0. The number of carbonyl (C=O) groups excluding carboxylic acids is 1. The number of hydrogen-bond donors (Lipinski definition) is 4. The molecule has 5 heterocycles. The Labute approximate surface area is 406 Å². The van der Waals surface area contributed by atoms with E-state index in [-0.39, 0.29) is 76.0 Å². The van der Waals surface area contributed by atoms with Crippen molar-refractivity contribution in [3.63, 3.8) is 0 Å². The Balaban J connectivity index is 0.833. The number of hydrogen-bond acceptors (Lipinski definition) is 13. The first-order valence-corrected chi connectivity index (χ1v) is 26.4. The topological polar surface area (TPSA) is 201 Å². The van der Waals surface area contributed by atoms with Crippen molar-refractivity contribution >= 4 is 44.0 Å². The van der Waals surface area contributed by atoms with Crippen LogP contribution in [0.5, 0.6) is 23.1 Å². The molecule has 16 nitrogen and oxygen atoms in total. The Morgan fingerprint density at radius 1 is 1.00 bits per heavy atom. The van der Waals surface area contributed by atoms with Crippen LogP contribution in [-0.2, 0) is 10.0 Å². The summed E-state index contributed by atoms with van der Waals surface area (Å²) in [5.74, 6) is -0.283. The molecule has 3 aliphatic carbocycles. The average molecular weight is 978 g/mol. The van der Waals surface area contributed by atoms with Crippen molar-refractivity contribution in [3.8, 4) is 23.1 Å². The SMILES string of the molecule is CCOc1nc2[nH]cc(F)c2cc1Oc1cc(N2CCC3(CC2)CN([C@H]2CCC[C@H]2c2ccccc2C2CC2)C3)ccc1C(=O)NS(=O)(=O)c1cc2c(c([N+](=O)[O-])c1)N[C@@H](C1CCC(C)(O)CC1)CO2. The van der Waals surface area contributed by atoms with E-state index in [1.165, 1.54) is 56.5 Å². The van der Waals surface area contributed by atoms with Gasteiger partial charge in [-0.1, -0.05) is 30.7 Å². The molecule has 3 aliphatic heterocycles. The van der Waals surface area contributed by atoms with Crippen LogP contribution < -0.4 is 29.1 Å². The van der Waals surface area contributed by atoms with E-state index in [2.05, 4.69) is 54.1 Å². The Hall–Kier alpha value is -5.98. The number of anilines is 2. The number of fused-ring (bicyclic) bond motifs is 2. The van der Waals surface area contributed by atoms with Gasteiger partial charge in [-0.25, -0.2) is 17.5 Å². The van der Waals surface area contributed by atoms with E-state index in [0.29, 0.717) is 37.6 Å². The number of halogens is 1. The van der Waals surface area contributed by atoms with Crippen molar-refractivity contribution in [2.24, 2.45) is 11.3 Å². The van der Waals surface area contributed by atoms with E-state index in [1.54, 1.807) is 37.1 Å². The number of amides is 1. The van der Waals surface area contributed by atoms with E-state index < -0.39 is 42.9 Å². The number of aromatic nitrogens is 2. The van der Waals surface area contributed by atoms with Crippen molar-refractivity contribution in [2.75, 3.05) is 49.6 Å². The molecule has 1 amide bonds. The molecule has 3 saturated carbocycles. The molecule has 6 aliphatic rings. The maximum atomic E-state index is 14.9. The largest absolute Gasteiger partial charge is 0.489 e. The second-order valence-corrected chi connectivity index (χ2v) is 22.5. The number of benzene rings is 3. The normalized spacial score (nSPS) is 25.4. The molecule has 3 aromatic carbocycles. The molecular weight excluding hydrogens is 918 g/mol. The molecule has 5 aromatic rings. The number of nitrogens with one attached hydrogen (secondary N) is 3. The highest BCUT2D eigenvalue weighted by Crippen LogP contribution is 2.51. The standard InChI is InChI=1S/C52H60FN7O9S/c1-3-67-50-46(26-39-40(53)27-54-48(39)56-50)69-44-23-33(58-21-19-52(20-22-58)29-59(30-52)42-10-6-9-37(42)36-8-5-4-7-35(36)31-11-12-31)13-14-38(44)49(61)57-70(65,66)34-24-43(60(63)64)47-45(25-34)68-28-41(55-47)32-15-17-51(2,62)18-16-32/h4-5,7-8,13-14,23-27,31-32,37,41-42,55,62H,3,6,9-12,15-22,28-30H2,1-2H3,(H,54,56)(H,57,61)/t32?,37-,41+,42-,51?/m0/s1. The molecule has 5 fully saturated rings. The van der Waals surface area contributed by atoms with Gasteiger partial charge in [-0.2, -0.15) is 4.98 Å². The lowest BCUT2D eigenvalue weighted by molar-refractivity contribution is -0.384. The number of sulfonamides is 1. The molecule has 11 rings (SSSR count). The molecule has 4 N–H and O–H groups in total. The first-order valence-electron chi connectivity index (χ1n) is 24.9. The summed E-state index contributed by atoms with van der Waals surface area (Å²) >= 11 is 0.